The Morgan fingerprint density at radius 1 is 1.27 bits per heavy atom. The first kappa shape index (κ1) is 19.0. The van der Waals surface area contributed by atoms with E-state index < -0.39 is 29.4 Å². The number of carboxylic acids is 1. The lowest BCUT2D eigenvalue weighted by Gasteiger charge is -2.31. The van der Waals surface area contributed by atoms with Crippen LogP contribution in [0.4, 0.5) is 0 Å². The molecular formula is C19H26N2O4S. The van der Waals surface area contributed by atoms with Crippen LogP contribution in [0.5, 0.6) is 0 Å². The van der Waals surface area contributed by atoms with Crippen LogP contribution < -0.4 is 5.32 Å². The van der Waals surface area contributed by atoms with Crippen molar-refractivity contribution in [1.82, 2.24) is 10.2 Å². The van der Waals surface area contributed by atoms with E-state index >= 15 is 0 Å². The van der Waals surface area contributed by atoms with Crippen molar-refractivity contribution in [3.63, 3.8) is 0 Å². The number of imide groups is 1. The molecule has 0 aliphatic carbocycles. The molecule has 3 rings (SSSR count). The van der Waals surface area contributed by atoms with Crippen LogP contribution in [0, 0.1) is 11.8 Å². The van der Waals surface area contributed by atoms with Crippen LogP contribution >= 0.6 is 11.3 Å². The van der Waals surface area contributed by atoms with Gasteiger partial charge in [0.2, 0.25) is 11.8 Å². The zero-order valence-electron chi connectivity index (χ0n) is 15.2. The molecule has 0 bridgehead atoms. The number of carbonyl (C=O) groups is 3. The van der Waals surface area contributed by atoms with Gasteiger partial charge in [-0.3, -0.25) is 24.6 Å². The maximum atomic E-state index is 13.1. The average molecular weight is 378 g/mol. The highest BCUT2D eigenvalue weighted by molar-refractivity contribution is 7.10. The van der Waals surface area contributed by atoms with Gasteiger partial charge in [0, 0.05) is 11.4 Å². The van der Waals surface area contributed by atoms with Gasteiger partial charge in [-0.2, -0.15) is 0 Å². The summed E-state index contributed by atoms with van der Waals surface area (Å²) in [6, 6.07) is 3.37. The van der Waals surface area contributed by atoms with Crippen LogP contribution in [-0.4, -0.2) is 39.9 Å². The number of likely N-dealkylation sites (tertiary alicyclic amines) is 1. The fraction of sp³-hybridized carbons (Fsp3) is 0.632. The quantitative estimate of drug-likeness (QED) is 0.679. The monoisotopic (exact) mass is 378 g/mol. The number of carbonyl (C=O) groups excluding carboxylic acids is 2. The Bertz CT molecular complexity index is 690. The number of fused-ring (bicyclic) bond motifs is 1. The number of thiophene rings is 1. The van der Waals surface area contributed by atoms with E-state index in [4.69, 9.17) is 0 Å². The van der Waals surface area contributed by atoms with E-state index in [1.54, 1.807) is 0 Å². The fourth-order valence-electron chi connectivity index (χ4n) is 4.30. The molecule has 2 amide bonds. The maximum absolute atomic E-state index is 13.1. The third-order valence-corrected chi connectivity index (χ3v) is 6.59. The summed E-state index contributed by atoms with van der Waals surface area (Å²) in [7, 11) is 0. The molecule has 0 spiro atoms. The number of rotatable bonds is 8. The van der Waals surface area contributed by atoms with Crippen molar-refractivity contribution in [3.8, 4) is 0 Å². The van der Waals surface area contributed by atoms with Crippen molar-refractivity contribution in [1.29, 1.82) is 0 Å². The summed E-state index contributed by atoms with van der Waals surface area (Å²) in [4.78, 5) is 40.7. The number of hydrogen-bond acceptors (Lipinski definition) is 5. The van der Waals surface area contributed by atoms with Crippen molar-refractivity contribution >= 4 is 29.1 Å². The number of amides is 2. The molecule has 0 radical (unpaired) electrons. The van der Waals surface area contributed by atoms with Crippen molar-refractivity contribution in [2.24, 2.45) is 11.8 Å². The highest BCUT2D eigenvalue weighted by Gasteiger charge is 2.68. The van der Waals surface area contributed by atoms with E-state index in [9.17, 15) is 19.5 Å². The predicted molar refractivity (Wildman–Crippen MR) is 98.7 cm³/mol. The van der Waals surface area contributed by atoms with Gasteiger partial charge in [0.1, 0.15) is 5.54 Å². The van der Waals surface area contributed by atoms with Gasteiger partial charge in [0.25, 0.3) is 0 Å². The van der Waals surface area contributed by atoms with Crippen molar-refractivity contribution in [2.75, 3.05) is 6.54 Å². The Morgan fingerprint density at radius 3 is 2.58 bits per heavy atom. The Balaban J connectivity index is 2.04. The minimum Gasteiger partial charge on any atom is -0.480 e. The van der Waals surface area contributed by atoms with E-state index in [-0.39, 0.29) is 11.8 Å². The molecule has 6 nitrogen and oxygen atoms in total. The minimum atomic E-state index is -1.37. The molecule has 2 saturated heterocycles. The zero-order valence-corrected chi connectivity index (χ0v) is 16.1. The normalized spacial score (nSPS) is 30.8. The highest BCUT2D eigenvalue weighted by atomic mass is 32.1. The van der Waals surface area contributed by atoms with Crippen LogP contribution in [0.2, 0.25) is 0 Å². The topological polar surface area (TPSA) is 86.7 Å². The summed E-state index contributed by atoms with van der Waals surface area (Å²) in [6.45, 7) is 4.38. The summed E-state index contributed by atoms with van der Waals surface area (Å²) < 4.78 is 0. The van der Waals surface area contributed by atoms with Crippen LogP contribution in [-0.2, 0) is 14.4 Å². The average Bonchev–Trinajstić information content (AvgIpc) is 3.30. The van der Waals surface area contributed by atoms with Crippen molar-refractivity contribution < 1.29 is 19.5 Å². The van der Waals surface area contributed by atoms with E-state index in [1.165, 1.54) is 16.2 Å². The van der Waals surface area contributed by atoms with Gasteiger partial charge in [0.15, 0.2) is 0 Å². The Hall–Kier alpha value is -1.73. The Morgan fingerprint density at radius 2 is 2.00 bits per heavy atom. The summed E-state index contributed by atoms with van der Waals surface area (Å²) in [6.07, 6.45) is 3.49. The summed E-state index contributed by atoms with van der Waals surface area (Å²) >= 11 is 1.49. The van der Waals surface area contributed by atoms with E-state index in [0.29, 0.717) is 19.4 Å². The summed E-state index contributed by atoms with van der Waals surface area (Å²) in [5.41, 5.74) is -1.37. The first-order valence-electron chi connectivity index (χ1n) is 9.37. The number of nitrogens with one attached hydrogen (secondary N) is 1. The van der Waals surface area contributed by atoms with Gasteiger partial charge < -0.3 is 5.11 Å². The fourth-order valence-corrected chi connectivity index (χ4v) is 5.12. The Kier molecular flexibility index (Phi) is 5.48. The van der Waals surface area contributed by atoms with Gasteiger partial charge in [-0.1, -0.05) is 39.2 Å². The first-order chi connectivity index (χ1) is 12.5. The smallest absolute Gasteiger partial charge is 0.324 e. The third-order valence-electron chi connectivity index (χ3n) is 5.64. The lowest BCUT2D eigenvalue weighted by Crippen LogP contribution is -2.55. The number of unbranched alkanes of at least 4 members (excludes halogenated alkanes) is 2. The minimum absolute atomic E-state index is 0.223. The molecule has 2 fully saturated rings. The van der Waals surface area contributed by atoms with E-state index in [2.05, 4.69) is 5.32 Å². The third kappa shape index (κ3) is 2.87. The molecular weight excluding hydrogens is 352 g/mol. The summed E-state index contributed by atoms with van der Waals surface area (Å²) in [5, 5.41) is 15.2. The molecule has 0 aromatic carbocycles. The van der Waals surface area contributed by atoms with E-state index in [0.717, 1.165) is 24.1 Å². The molecule has 2 aliphatic heterocycles. The molecule has 2 N–H and O–H groups in total. The predicted octanol–water partition coefficient (Wildman–Crippen LogP) is 2.81. The molecule has 1 aromatic rings. The van der Waals surface area contributed by atoms with Crippen LogP contribution in [0.1, 0.15) is 56.9 Å². The molecule has 26 heavy (non-hydrogen) atoms. The second-order valence-corrected chi connectivity index (χ2v) is 8.18. The van der Waals surface area contributed by atoms with Crippen molar-refractivity contribution in [3.05, 3.63) is 22.4 Å². The molecule has 1 aromatic heterocycles. The van der Waals surface area contributed by atoms with Gasteiger partial charge in [0.05, 0.1) is 17.9 Å². The van der Waals surface area contributed by atoms with Gasteiger partial charge >= 0.3 is 5.97 Å². The molecule has 2 aliphatic rings. The zero-order chi connectivity index (χ0) is 18.9. The van der Waals surface area contributed by atoms with E-state index in [1.807, 2.05) is 31.4 Å². The molecule has 4 atom stereocenters. The van der Waals surface area contributed by atoms with Gasteiger partial charge in [-0.15, -0.1) is 11.3 Å². The lowest BCUT2D eigenvalue weighted by atomic mass is 9.77. The van der Waals surface area contributed by atoms with Crippen LogP contribution in [0.15, 0.2) is 17.5 Å². The number of nitrogens with zero attached hydrogens (tertiary/aromatic N) is 1. The van der Waals surface area contributed by atoms with Gasteiger partial charge in [-0.05, 0) is 24.3 Å². The maximum Gasteiger partial charge on any atom is 0.324 e. The number of carboxylic acid groups (broad SMARTS) is 1. The second kappa shape index (κ2) is 7.48. The Labute approximate surface area is 157 Å². The molecule has 3 heterocycles. The SMILES string of the molecule is CCCCN1C(=O)C2C(c3cccs3)NC(CCCC)(C(=O)O)C2C1=O. The molecule has 142 valence electrons. The standard InChI is InChI=1S/C19H26N2O4S/c1-3-5-9-19(18(24)25)14-13(15(20-19)12-8-7-11-26-12)16(22)21(17(14)23)10-6-4-2/h7-8,11,13-15,20H,3-6,9-10H2,1-2H3,(H,24,25). The summed E-state index contributed by atoms with van der Waals surface area (Å²) in [5.74, 6) is -3.04. The molecule has 7 heteroatoms. The number of hydrogen-bond donors (Lipinski definition) is 2. The van der Waals surface area contributed by atoms with Gasteiger partial charge in [-0.25, -0.2) is 0 Å². The molecule has 4 unspecified atom stereocenters. The highest BCUT2D eigenvalue weighted by Crippen LogP contribution is 2.51. The van der Waals surface area contributed by atoms with Crippen LogP contribution in [0.3, 0.4) is 0 Å². The molecule has 0 saturated carbocycles. The van der Waals surface area contributed by atoms with Crippen molar-refractivity contribution in [2.45, 2.75) is 57.5 Å². The number of aliphatic carboxylic acids is 1. The largest absolute Gasteiger partial charge is 0.480 e. The lowest BCUT2D eigenvalue weighted by molar-refractivity contribution is -0.151. The van der Waals surface area contributed by atoms with Crippen LogP contribution in [0.25, 0.3) is 0 Å². The second-order valence-electron chi connectivity index (χ2n) is 7.20. The first-order valence-corrected chi connectivity index (χ1v) is 10.3.